The number of hydrogen-bond donors (Lipinski definition) is 2. The van der Waals surface area contributed by atoms with E-state index in [1.165, 1.54) is 25.8 Å². The second-order valence-electron chi connectivity index (χ2n) is 4.65. The van der Waals surface area contributed by atoms with Crippen molar-refractivity contribution in [2.45, 2.75) is 33.1 Å². The third-order valence-corrected chi connectivity index (χ3v) is 3.37. The molecule has 0 aliphatic heterocycles. The van der Waals surface area contributed by atoms with Gasteiger partial charge in [0.05, 0.1) is 0 Å². The average Bonchev–Trinajstić information content (AvgIpc) is 2.85. The number of nitrogens with one attached hydrogen (secondary N) is 2. The second kappa shape index (κ2) is 4.97. The van der Waals surface area contributed by atoms with Crippen molar-refractivity contribution in [3.8, 4) is 0 Å². The predicted molar refractivity (Wildman–Crippen MR) is 57.9 cm³/mol. The summed E-state index contributed by atoms with van der Waals surface area (Å²) in [5.74, 6) is 0.851. The zero-order chi connectivity index (χ0) is 9.73. The van der Waals surface area contributed by atoms with Crippen LogP contribution in [0, 0.1) is 11.3 Å². The highest BCUT2D eigenvalue weighted by atomic mass is 14.9. The normalized spacial score (nSPS) is 19.4. The molecule has 0 spiro atoms. The minimum Gasteiger partial charge on any atom is -0.320 e. The first kappa shape index (κ1) is 11.0. The van der Waals surface area contributed by atoms with E-state index < -0.39 is 0 Å². The molecule has 1 rings (SSSR count). The van der Waals surface area contributed by atoms with Gasteiger partial charge in [0.2, 0.25) is 0 Å². The van der Waals surface area contributed by atoms with Gasteiger partial charge in [0.1, 0.15) is 0 Å². The Morgan fingerprint density at radius 2 is 1.92 bits per heavy atom. The molecule has 0 unspecified atom stereocenters. The molecule has 1 aliphatic rings. The molecule has 0 aromatic heterocycles. The molecule has 0 radical (unpaired) electrons. The van der Waals surface area contributed by atoms with E-state index in [1.807, 2.05) is 7.05 Å². The molecular weight excluding hydrogens is 160 g/mol. The van der Waals surface area contributed by atoms with Gasteiger partial charge in [0.15, 0.2) is 0 Å². The first-order valence-electron chi connectivity index (χ1n) is 5.56. The summed E-state index contributed by atoms with van der Waals surface area (Å²) in [5, 5.41) is 6.73. The van der Waals surface area contributed by atoms with Gasteiger partial charge < -0.3 is 10.6 Å². The van der Waals surface area contributed by atoms with Crippen molar-refractivity contribution >= 4 is 0 Å². The fourth-order valence-electron chi connectivity index (χ4n) is 1.85. The van der Waals surface area contributed by atoms with Crippen LogP contribution in [0.15, 0.2) is 0 Å². The molecule has 1 fully saturated rings. The first-order chi connectivity index (χ1) is 6.21. The zero-order valence-corrected chi connectivity index (χ0v) is 9.32. The number of hydrogen-bond acceptors (Lipinski definition) is 2. The molecule has 1 aliphatic carbocycles. The van der Waals surface area contributed by atoms with Gasteiger partial charge in [-0.05, 0) is 50.7 Å². The average molecular weight is 184 g/mol. The lowest BCUT2D eigenvalue weighted by molar-refractivity contribution is 0.338. The summed E-state index contributed by atoms with van der Waals surface area (Å²) in [6, 6.07) is 0. The second-order valence-corrected chi connectivity index (χ2v) is 4.65. The van der Waals surface area contributed by atoms with Crippen molar-refractivity contribution in [2.24, 2.45) is 11.3 Å². The van der Waals surface area contributed by atoms with Crippen LogP contribution in [0.4, 0.5) is 0 Å². The quantitative estimate of drug-likeness (QED) is 0.588. The van der Waals surface area contributed by atoms with Crippen LogP contribution in [0.2, 0.25) is 0 Å². The summed E-state index contributed by atoms with van der Waals surface area (Å²) in [7, 11) is 2.01. The SMILES string of the molecule is CNCCCNCC1(C(C)C)CC1. The standard InChI is InChI=1S/C11H24N2/c1-10(2)11(5-6-11)9-13-8-4-7-12-3/h10,12-13H,4-9H2,1-3H3. The van der Waals surface area contributed by atoms with Crippen LogP contribution in [0.3, 0.4) is 0 Å². The molecule has 2 heteroatoms. The molecule has 0 aromatic rings. The Labute approximate surface area is 82.5 Å². The Morgan fingerprint density at radius 1 is 1.23 bits per heavy atom. The summed E-state index contributed by atoms with van der Waals surface area (Å²) in [4.78, 5) is 0. The number of rotatable bonds is 7. The lowest BCUT2D eigenvalue weighted by Crippen LogP contribution is -2.29. The fraction of sp³-hybridized carbons (Fsp3) is 1.00. The molecule has 0 bridgehead atoms. The summed E-state index contributed by atoms with van der Waals surface area (Å²) in [6.45, 7) is 8.22. The third kappa shape index (κ3) is 3.28. The van der Waals surface area contributed by atoms with Crippen molar-refractivity contribution in [3.05, 3.63) is 0 Å². The van der Waals surface area contributed by atoms with Crippen molar-refractivity contribution in [2.75, 3.05) is 26.7 Å². The van der Waals surface area contributed by atoms with E-state index in [0.717, 1.165) is 19.0 Å². The van der Waals surface area contributed by atoms with Crippen LogP contribution < -0.4 is 10.6 Å². The van der Waals surface area contributed by atoms with Gasteiger partial charge in [-0.3, -0.25) is 0 Å². The first-order valence-corrected chi connectivity index (χ1v) is 5.56. The fourth-order valence-corrected chi connectivity index (χ4v) is 1.85. The molecule has 0 amide bonds. The highest BCUT2D eigenvalue weighted by molar-refractivity contribution is 4.96. The Balaban J connectivity index is 1.99. The molecular formula is C11H24N2. The van der Waals surface area contributed by atoms with Crippen molar-refractivity contribution < 1.29 is 0 Å². The van der Waals surface area contributed by atoms with Crippen molar-refractivity contribution in [1.82, 2.24) is 10.6 Å². The molecule has 0 saturated heterocycles. The minimum absolute atomic E-state index is 0.666. The Kier molecular flexibility index (Phi) is 4.20. The third-order valence-electron chi connectivity index (χ3n) is 3.37. The van der Waals surface area contributed by atoms with Crippen molar-refractivity contribution in [3.63, 3.8) is 0 Å². The maximum Gasteiger partial charge on any atom is 0.00103 e. The van der Waals surface area contributed by atoms with E-state index >= 15 is 0 Å². The summed E-state index contributed by atoms with van der Waals surface area (Å²) < 4.78 is 0. The monoisotopic (exact) mass is 184 g/mol. The van der Waals surface area contributed by atoms with E-state index in [4.69, 9.17) is 0 Å². The van der Waals surface area contributed by atoms with E-state index in [9.17, 15) is 0 Å². The lowest BCUT2D eigenvalue weighted by atomic mass is 9.92. The molecule has 0 atom stereocenters. The van der Waals surface area contributed by atoms with Crippen LogP contribution in [0.5, 0.6) is 0 Å². The van der Waals surface area contributed by atoms with E-state index in [1.54, 1.807) is 0 Å². The van der Waals surface area contributed by atoms with Crippen molar-refractivity contribution in [1.29, 1.82) is 0 Å². The highest BCUT2D eigenvalue weighted by Crippen LogP contribution is 2.51. The molecule has 2 N–H and O–H groups in total. The van der Waals surface area contributed by atoms with Gasteiger partial charge in [-0.15, -0.1) is 0 Å². The molecule has 2 nitrogen and oxygen atoms in total. The lowest BCUT2D eigenvalue weighted by Gasteiger charge is -2.19. The minimum atomic E-state index is 0.666. The van der Waals surface area contributed by atoms with Gasteiger partial charge in [0, 0.05) is 6.54 Å². The summed E-state index contributed by atoms with van der Waals surface area (Å²) in [6.07, 6.45) is 4.11. The molecule has 0 aromatic carbocycles. The van der Waals surface area contributed by atoms with Crippen LogP contribution in [0.25, 0.3) is 0 Å². The maximum atomic E-state index is 3.56. The van der Waals surface area contributed by atoms with Crippen LogP contribution in [0.1, 0.15) is 33.1 Å². The Bertz CT molecular complexity index is 139. The Morgan fingerprint density at radius 3 is 2.38 bits per heavy atom. The van der Waals surface area contributed by atoms with Crippen LogP contribution >= 0.6 is 0 Å². The van der Waals surface area contributed by atoms with Gasteiger partial charge in [-0.1, -0.05) is 13.8 Å². The smallest absolute Gasteiger partial charge is 0.00103 e. The molecule has 0 heterocycles. The van der Waals surface area contributed by atoms with Gasteiger partial charge in [-0.2, -0.15) is 0 Å². The maximum absolute atomic E-state index is 3.56. The van der Waals surface area contributed by atoms with Crippen LogP contribution in [-0.4, -0.2) is 26.7 Å². The topological polar surface area (TPSA) is 24.1 Å². The predicted octanol–water partition coefficient (Wildman–Crippen LogP) is 1.62. The summed E-state index contributed by atoms with van der Waals surface area (Å²) in [5.41, 5.74) is 0.666. The van der Waals surface area contributed by atoms with Crippen LogP contribution in [-0.2, 0) is 0 Å². The van der Waals surface area contributed by atoms with E-state index in [-0.39, 0.29) is 0 Å². The molecule has 1 saturated carbocycles. The Hall–Kier alpha value is -0.0800. The zero-order valence-electron chi connectivity index (χ0n) is 9.32. The molecule has 78 valence electrons. The van der Waals surface area contributed by atoms with Gasteiger partial charge >= 0.3 is 0 Å². The van der Waals surface area contributed by atoms with Gasteiger partial charge in [-0.25, -0.2) is 0 Å². The van der Waals surface area contributed by atoms with E-state index in [2.05, 4.69) is 24.5 Å². The van der Waals surface area contributed by atoms with E-state index in [0.29, 0.717) is 5.41 Å². The van der Waals surface area contributed by atoms with Gasteiger partial charge in [0.25, 0.3) is 0 Å². The molecule has 13 heavy (non-hydrogen) atoms. The summed E-state index contributed by atoms with van der Waals surface area (Å²) >= 11 is 0. The highest BCUT2D eigenvalue weighted by Gasteiger charge is 2.44. The largest absolute Gasteiger partial charge is 0.320 e.